The molecule has 0 fully saturated rings. The van der Waals surface area contributed by atoms with Gasteiger partial charge in [0.2, 0.25) is 0 Å². The van der Waals surface area contributed by atoms with E-state index in [1.54, 1.807) is 0 Å². The maximum absolute atomic E-state index is 2.29. The number of aryl methyl sites for hydroxylation is 1. The normalized spacial score (nSPS) is 11.5. The predicted octanol–water partition coefficient (Wildman–Crippen LogP) is 6.03. The largest absolute Gasteiger partial charge is 0.305 e. The van der Waals surface area contributed by atoms with Crippen LogP contribution in [0.3, 0.4) is 0 Å². The molecule has 1 nitrogen and oxygen atoms in total. The zero-order valence-electron chi connectivity index (χ0n) is 15.1. The minimum absolute atomic E-state index is 0.933. The van der Waals surface area contributed by atoms with Gasteiger partial charge >= 0.3 is 0 Å². The van der Waals surface area contributed by atoms with E-state index in [0.29, 0.717) is 0 Å². The molecule has 0 aliphatic heterocycles. The van der Waals surface area contributed by atoms with E-state index in [-0.39, 0.29) is 0 Å². The van der Waals surface area contributed by atoms with E-state index in [1.807, 2.05) is 0 Å². The first-order valence-electron chi connectivity index (χ1n) is 8.79. The molecule has 4 aromatic carbocycles. The van der Waals surface area contributed by atoms with Crippen LogP contribution in [0, 0.1) is 6.92 Å². The van der Waals surface area contributed by atoms with Gasteiger partial charge < -0.3 is 4.90 Å². The Morgan fingerprint density at radius 1 is 0.640 bits per heavy atom. The van der Waals surface area contributed by atoms with Gasteiger partial charge in [0.1, 0.15) is 0 Å². The van der Waals surface area contributed by atoms with E-state index >= 15 is 0 Å². The van der Waals surface area contributed by atoms with Crippen molar-refractivity contribution in [3.8, 4) is 11.1 Å². The zero-order valence-corrected chi connectivity index (χ0v) is 15.1. The van der Waals surface area contributed by atoms with Crippen molar-refractivity contribution in [1.29, 1.82) is 0 Å². The monoisotopic (exact) mass is 325 g/mol. The van der Waals surface area contributed by atoms with Crippen molar-refractivity contribution >= 4 is 21.5 Å². The number of rotatable bonds is 3. The quantitative estimate of drug-likeness (QED) is 0.444. The summed E-state index contributed by atoms with van der Waals surface area (Å²) in [7, 11) is 4.27. The molecular formula is C24H23N. The number of hydrogen-bond acceptors (Lipinski definition) is 1. The number of nitrogens with zero attached hydrogens (tertiary/aromatic N) is 1. The van der Waals surface area contributed by atoms with Gasteiger partial charge in [-0.1, -0.05) is 72.8 Å². The molecule has 0 atom stereocenters. The van der Waals surface area contributed by atoms with E-state index in [9.17, 15) is 0 Å². The second-order valence-electron chi connectivity index (χ2n) is 7.04. The maximum atomic E-state index is 2.29. The number of fused-ring (bicyclic) bond motifs is 2. The Hall–Kier alpha value is -2.64. The van der Waals surface area contributed by atoms with Crippen molar-refractivity contribution in [2.24, 2.45) is 0 Å². The molecule has 0 aromatic heterocycles. The molecule has 4 rings (SSSR count). The van der Waals surface area contributed by atoms with Gasteiger partial charge in [0, 0.05) is 6.54 Å². The second kappa shape index (κ2) is 6.34. The van der Waals surface area contributed by atoms with Gasteiger partial charge in [0.15, 0.2) is 0 Å². The van der Waals surface area contributed by atoms with Crippen LogP contribution in [0.4, 0.5) is 0 Å². The Morgan fingerprint density at radius 2 is 1.20 bits per heavy atom. The molecule has 0 unspecified atom stereocenters. The molecule has 4 aromatic rings. The van der Waals surface area contributed by atoms with Gasteiger partial charge in [-0.3, -0.25) is 0 Å². The van der Waals surface area contributed by atoms with E-state index < -0.39 is 0 Å². The number of benzene rings is 4. The van der Waals surface area contributed by atoms with E-state index in [0.717, 1.165) is 6.54 Å². The third-order valence-electron chi connectivity index (χ3n) is 4.89. The van der Waals surface area contributed by atoms with E-state index in [4.69, 9.17) is 0 Å². The van der Waals surface area contributed by atoms with Gasteiger partial charge in [-0.15, -0.1) is 0 Å². The van der Waals surface area contributed by atoms with Crippen LogP contribution in [-0.2, 0) is 6.54 Å². The van der Waals surface area contributed by atoms with Crippen LogP contribution in [0.15, 0.2) is 72.8 Å². The minimum atomic E-state index is 0.933. The van der Waals surface area contributed by atoms with Crippen LogP contribution in [0.5, 0.6) is 0 Å². The van der Waals surface area contributed by atoms with Gasteiger partial charge in [-0.25, -0.2) is 0 Å². The highest BCUT2D eigenvalue weighted by Gasteiger charge is 2.15. The lowest BCUT2D eigenvalue weighted by Crippen LogP contribution is -2.11. The summed E-state index contributed by atoms with van der Waals surface area (Å²) >= 11 is 0. The molecule has 0 heterocycles. The summed E-state index contributed by atoms with van der Waals surface area (Å²) in [5.41, 5.74) is 5.45. The van der Waals surface area contributed by atoms with Crippen molar-refractivity contribution in [2.75, 3.05) is 14.1 Å². The summed E-state index contributed by atoms with van der Waals surface area (Å²) in [6, 6.07) is 26.4. The van der Waals surface area contributed by atoms with Gasteiger partial charge in [-0.05, 0) is 64.8 Å². The van der Waals surface area contributed by atoms with Crippen molar-refractivity contribution in [3.05, 3.63) is 83.9 Å². The molecule has 0 bridgehead atoms. The highest BCUT2D eigenvalue weighted by Crippen LogP contribution is 2.39. The molecule has 0 aliphatic rings. The van der Waals surface area contributed by atoms with Crippen molar-refractivity contribution in [2.45, 2.75) is 13.5 Å². The Bertz CT molecular complexity index is 1060. The van der Waals surface area contributed by atoms with Crippen LogP contribution < -0.4 is 0 Å². The fourth-order valence-electron chi connectivity index (χ4n) is 3.80. The molecule has 124 valence electrons. The predicted molar refractivity (Wildman–Crippen MR) is 109 cm³/mol. The van der Waals surface area contributed by atoms with E-state index in [2.05, 4.69) is 98.7 Å². The molecular weight excluding hydrogens is 302 g/mol. The Balaban J connectivity index is 2.15. The SMILES string of the molecule is Cc1ccc2ccccc2c1-c1c(CN(C)C)ccc2ccccc12. The third kappa shape index (κ3) is 2.81. The fraction of sp³-hybridized carbons (Fsp3) is 0.167. The van der Waals surface area contributed by atoms with Gasteiger partial charge in [0.25, 0.3) is 0 Å². The van der Waals surface area contributed by atoms with Crippen LogP contribution in [-0.4, -0.2) is 19.0 Å². The molecule has 0 N–H and O–H groups in total. The lowest BCUT2D eigenvalue weighted by molar-refractivity contribution is 0.403. The Labute approximate surface area is 149 Å². The molecule has 0 radical (unpaired) electrons. The van der Waals surface area contributed by atoms with Crippen LogP contribution in [0.2, 0.25) is 0 Å². The first-order valence-corrected chi connectivity index (χ1v) is 8.79. The lowest BCUT2D eigenvalue weighted by Gasteiger charge is -2.20. The van der Waals surface area contributed by atoms with Crippen molar-refractivity contribution in [1.82, 2.24) is 4.90 Å². The summed E-state index contributed by atoms with van der Waals surface area (Å²) in [6.07, 6.45) is 0. The molecule has 0 saturated heterocycles. The summed E-state index contributed by atoms with van der Waals surface area (Å²) < 4.78 is 0. The average Bonchev–Trinajstić information content (AvgIpc) is 2.62. The highest BCUT2D eigenvalue weighted by molar-refractivity contribution is 6.07. The minimum Gasteiger partial charge on any atom is -0.305 e. The summed E-state index contributed by atoms with van der Waals surface area (Å²) in [5.74, 6) is 0. The van der Waals surface area contributed by atoms with E-state index in [1.165, 1.54) is 43.8 Å². The smallest absolute Gasteiger partial charge is 0.0234 e. The Morgan fingerprint density at radius 3 is 1.84 bits per heavy atom. The van der Waals surface area contributed by atoms with Crippen molar-refractivity contribution in [3.63, 3.8) is 0 Å². The maximum Gasteiger partial charge on any atom is 0.0234 e. The van der Waals surface area contributed by atoms with Gasteiger partial charge in [-0.2, -0.15) is 0 Å². The first-order chi connectivity index (χ1) is 12.1. The summed E-state index contributed by atoms with van der Waals surface area (Å²) in [6.45, 7) is 3.16. The Kier molecular flexibility index (Phi) is 4.03. The second-order valence-corrected chi connectivity index (χ2v) is 7.04. The van der Waals surface area contributed by atoms with Crippen LogP contribution in [0.25, 0.3) is 32.7 Å². The van der Waals surface area contributed by atoms with Crippen LogP contribution >= 0.6 is 0 Å². The zero-order chi connectivity index (χ0) is 17.4. The lowest BCUT2D eigenvalue weighted by atomic mass is 9.87. The molecule has 0 saturated carbocycles. The fourth-order valence-corrected chi connectivity index (χ4v) is 3.80. The molecule has 0 amide bonds. The van der Waals surface area contributed by atoms with Gasteiger partial charge in [0.05, 0.1) is 0 Å². The standard InChI is InChI=1S/C24H23N/c1-17-12-13-18-8-4-6-10-21(18)23(17)24-20(16-25(2)3)15-14-19-9-5-7-11-22(19)24/h4-15H,16H2,1-3H3. The van der Waals surface area contributed by atoms with Crippen LogP contribution in [0.1, 0.15) is 11.1 Å². The topological polar surface area (TPSA) is 3.24 Å². The highest BCUT2D eigenvalue weighted by atomic mass is 15.0. The summed E-state index contributed by atoms with van der Waals surface area (Å²) in [4.78, 5) is 2.24. The first kappa shape index (κ1) is 15.9. The summed E-state index contributed by atoms with van der Waals surface area (Å²) in [5, 5.41) is 5.26. The average molecular weight is 325 g/mol. The molecule has 1 heteroatoms. The van der Waals surface area contributed by atoms with Crippen molar-refractivity contribution < 1.29 is 0 Å². The third-order valence-corrected chi connectivity index (χ3v) is 4.89. The number of hydrogen-bond donors (Lipinski definition) is 0. The molecule has 0 spiro atoms. The molecule has 0 aliphatic carbocycles. The molecule has 25 heavy (non-hydrogen) atoms.